The van der Waals surface area contributed by atoms with Crippen molar-refractivity contribution in [3.05, 3.63) is 77.0 Å². The molecule has 6 heteroatoms. The molecule has 0 radical (unpaired) electrons. The minimum Gasteiger partial charge on any atom is -0.497 e. The number of H-pyrrole nitrogens is 1. The molecule has 27 heavy (non-hydrogen) atoms. The number of methoxy groups -OCH3 is 1. The summed E-state index contributed by atoms with van der Waals surface area (Å²) in [5.74, 6) is 1.17. The van der Waals surface area contributed by atoms with E-state index in [-0.39, 0.29) is 5.91 Å². The number of hydrogen-bond donors (Lipinski definition) is 2. The minimum absolute atomic E-state index is 0.172. The molecule has 0 aliphatic carbocycles. The number of carbonyl (C=O) groups is 1. The number of nitrogens with zero attached hydrogens (tertiary/aromatic N) is 2. The summed E-state index contributed by atoms with van der Waals surface area (Å²) in [6.07, 6.45) is 1.01. The molecule has 0 spiro atoms. The summed E-state index contributed by atoms with van der Waals surface area (Å²) in [7, 11) is 1.60. The second-order valence-corrected chi connectivity index (χ2v) is 6.66. The van der Waals surface area contributed by atoms with E-state index >= 15 is 0 Å². The number of amides is 1. The third kappa shape index (κ3) is 3.85. The van der Waals surface area contributed by atoms with Crippen LogP contribution in [0, 0.1) is 0 Å². The molecule has 2 aromatic carbocycles. The lowest BCUT2D eigenvalue weighted by Crippen LogP contribution is -2.20. The number of nitrogens with one attached hydrogen (secondary N) is 2. The Labute approximate surface area is 158 Å². The quantitative estimate of drug-likeness (QED) is 0.706. The fourth-order valence-electron chi connectivity index (χ4n) is 3.32. The maximum atomic E-state index is 12.5. The number of hydrogen-bond acceptors (Lipinski definition) is 4. The van der Waals surface area contributed by atoms with Gasteiger partial charge in [0, 0.05) is 30.8 Å². The van der Waals surface area contributed by atoms with E-state index in [0.717, 1.165) is 43.1 Å². The molecule has 1 aliphatic heterocycles. The standard InChI is InChI=1S/C21H22N4O2/c1-27-17-9-7-16(8-10-17)21(26)22-20-18-13-25(14-19(18)23-24-20)12-11-15-5-3-2-4-6-15/h2-10H,11-14H2,1H3,(H2,22,23,24,26). The molecule has 0 fully saturated rings. The Morgan fingerprint density at radius 1 is 1.15 bits per heavy atom. The Bertz CT molecular complexity index is 919. The van der Waals surface area contributed by atoms with Gasteiger partial charge in [-0.3, -0.25) is 14.8 Å². The second-order valence-electron chi connectivity index (χ2n) is 6.66. The van der Waals surface area contributed by atoms with E-state index in [1.165, 1.54) is 5.56 Å². The summed E-state index contributed by atoms with van der Waals surface area (Å²) >= 11 is 0. The van der Waals surface area contributed by atoms with Crippen LogP contribution in [-0.4, -0.2) is 34.7 Å². The molecule has 138 valence electrons. The molecule has 0 bridgehead atoms. The minimum atomic E-state index is -0.172. The summed E-state index contributed by atoms with van der Waals surface area (Å²) in [4.78, 5) is 14.8. The molecular weight excluding hydrogens is 340 g/mol. The van der Waals surface area contributed by atoms with Crippen molar-refractivity contribution in [1.82, 2.24) is 15.1 Å². The predicted molar refractivity (Wildman–Crippen MR) is 104 cm³/mol. The third-order valence-electron chi connectivity index (χ3n) is 4.86. The molecule has 3 aromatic rings. The van der Waals surface area contributed by atoms with Crippen LogP contribution in [0.2, 0.25) is 0 Å². The van der Waals surface area contributed by atoms with Gasteiger partial charge in [0.2, 0.25) is 0 Å². The first-order valence-electron chi connectivity index (χ1n) is 9.01. The maximum Gasteiger partial charge on any atom is 0.256 e. The number of rotatable bonds is 6. The monoisotopic (exact) mass is 362 g/mol. The van der Waals surface area contributed by atoms with Crippen LogP contribution < -0.4 is 10.1 Å². The highest BCUT2D eigenvalue weighted by molar-refractivity contribution is 6.04. The van der Waals surface area contributed by atoms with Crippen LogP contribution in [0.25, 0.3) is 0 Å². The Balaban J connectivity index is 1.38. The number of fused-ring (bicyclic) bond motifs is 1. The van der Waals surface area contributed by atoms with Gasteiger partial charge in [-0.1, -0.05) is 30.3 Å². The highest BCUT2D eigenvalue weighted by Gasteiger charge is 2.25. The van der Waals surface area contributed by atoms with E-state index in [4.69, 9.17) is 4.74 Å². The van der Waals surface area contributed by atoms with Crippen LogP contribution in [0.4, 0.5) is 5.82 Å². The van der Waals surface area contributed by atoms with Crippen molar-refractivity contribution in [2.45, 2.75) is 19.5 Å². The van der Waals surface area contributed by atoms with Gasteiger partial charge in [0.25, 0.3) is 5.91 Å². The van der Waals surface area contributed by atoms with E-state index in [0.29, 0.717) is 11.4 Å². The smallest absolute Gasteiger partial charge is 0.256 e. The Morgan fingerprint density at radius 2 is 1.93 bits per heavy atom. The molecular formula is C21H22N4O2. The Hall–Kier alpha value is -3.12. The lowest BCUT2D eigenvalue weighted by atomic mass is 10.1. The summed E-state index contributed by atoms with van der Waals surface area (Å²) in [6.45, 7) is 2.59. The molecule has 0 saturated heterocycles. The number of aromatic amines is 1. The van der Waals surface area contributed by atoms with Crippen molar-refractivity contribution in [3.8, 4) is 5.75 Å². The Morgan fingerprint density at radius 3 is 2.67 bits per heavy atom. The molecule has 1 amide bonds. The first kappa shape index (κ1) is 17.3. The van der Waals surface area contributed by atoms with Crippen molar-refractivity contribution >= 4 is 11.7 Å². The molecule has 1 aliphatic rings. The lowest BCUT2D eigenvalue weighted by Gasteiger charge is -2.15. The van der Waals surface area contributed by atoms with E-state index in [1.54, 1.807) is 31.4 Å². The van der Waals surface area contributed by atoms with Crippen LogP contribution in [0.3, 0.4) is 0 Å². The normalized spacial score (nSPS) is 13.4. The van der Waals surface area contributed by atoms with Crippen molar-refractivity contribution in [2.75, 3.05) is 19.0 Å². The third-order valence-corrected chi connectivity index (χ3v) is 4.86. The number of aromatic nitrogens is 2. The zero-order valence-electron chi connectivity index (χ0n) is 15.2. The van der Waals surface area contributed by atoms with Gasteiger partial charge in [-0.25, -0.2) is 0 Å². The van der Waals surface area contributed by atoms with Crippen LogP contribution in [0.5, 0.6) is 5.75 Å². The second kappa shape index (κ2) is 7.63. The molecule has 2 heterocycles. The Kier molecular flexibility index (Phi) is 4.89. The first-order chi connectivity index (χ1) is 13.2. The van der Waals surface area contributed by atoms with Crippen molar-refractivity contribution < 1.29 is 9.53 Å². The molecule has 0 unspecified atom stereocenters. The first-order valence-corrected chi connectivity index (χ1v) is 9.01. The molecule has 6 nitrogen and oxygen atoms in total. The van der Waals surface area contributed by atoms with Crippen LogP contribution >= 0.6 is 0 Å². The largest absolute Gasteiger partial charge is 0.497 e. The topological polar surface area (TPSA) is 70.2 Å². The number of ether oxygens (including phenoxy) is 1. The van der Waals surface area contributed by atoms with Gasteiger partial charge in [0.1, 0.15) is 5.75 Å². The summed E-state index contributed by atoms with van der Waals surface area (Å²) in [5.41, 5.74) is 4.06. The highest BCUT2D eigenvalue weighted by Crippen LogP contribution is 2.27. The van der Waals surface area contributed by atoms with Gasteiger partial charge in [-0.15, -0.1) is 0 Å². The van der Waals surface area contributed by atoms with Gasteiger partial charge in [-0.2, -0.15) is 5.10 Å². The van der Waals surface area contributed by atoms with Gasteiger partial charge in [0.15, 0.2) is 5.82 Å². The van der Waals surface area contributed by atoms with Crippen molar-refractivity contribution in [1.29, 1.82) is 0 Å². The number of benzene rings is 2. The highest BCUT2D eigenvalue weighted by atomic mass is 16.5. The molecule has 0 atom stereocenters. The van der Waals surface area contributed by atoms with Gasteiger partial charge >= 0.3 is 0 Å². The fraction of sp³-hybridized carbons (Fsp3) is 0.238. The van der Waals surface area contributed by atoms with Gasteiger partial charge in [-0.05, 0) is 36.2 Å². The average Bonchev–Trinajstić information content (AvgIpc) is 3.28. The number of carbonyl (C=O) groups excluding carboxylic acids is 1. The van der Waals surface area contributed by atoms with Crippen molar-refractivity contribution in [2.24, 2.45) is 0 Å². The van der Waals surface area contributed by atoms with E-state index in [9.17, 15) is 4.79 Å². The molecule has 1 aromatic heterocycles. The van der Waals surface area contributed by atoms with Crippen LogP contribution in [-0.2, 0) is 19.5 Å². The van der Waals surface area contributed by atoms with E-state index in [2.05, 4.69) is 44.7 Å². The lowest BCUT2D eigenvalue weighted by molar-refractivity contribution is 0.102. The van der Waals surface area contributed by atoms with Crippen LogP contribution in [0.1, 0.15) is 27.2 Å². The van der Waals surface area contributed by atoms with Gasteiger partial charge in [0.05, 0.1) is 12.8 Å². The fourth-order valence-corrected chi connectivity index (χ4v) is 3.32. The SMILES string of the molecule is COc1ccc(C(=O)Nc2n[nH]c3c2CN(CCc2ccccc2)C3)cc1. The molecule has 2 N–H and O–H groups in total. The average molecular weight is 362 g/mol. The zero-order valence-corrected chi connectivity index (χ0v) is 15.2. The predicted octanol–water partition coefficient (Wildman–Crippen LogP) is 3.23. The van der Waals surface area contributed by atoms with E-state index in [1.807, 2.05) is 6.07 Å². The van der Waals surface area contributed by atoms with E-state index < -0.39 is 0 Å². The zero-order chi connectivity index (χ0) is 18.6. The summed E-state index contributed by atoms with van der Waals surface area (Å²) in [5, 5.41) is 10.3. The number of anilines is 1. The van der Waals surface area contributed by atoms with Crippen molar-refractivity contribution in [3.63, 3.8) is 0 Å². The van der Waals surface area contributed by atoms with Crippen LogP contribution in [0.15, 0.2) is 54.6 Å². The summed E-state index contributed by atoms with van der Waals surface area (Å²) < 4.78 is 5.13. The van der Waals surface area contributed by atoms with Gasteiger partial charge < -0.3 is 10.1 Å². The maximum absolute atomic E-state index is 12.5. The molecule has 4 rings (SSSR count). The molecule has 0 saturated carbocycles. The summed E-state index contributed by atoms with van der Waals surface area (Å²) in [6, 6.07) is 17.5.